The lowest BCUT2D eigenvalue weighted by molar-refractivity contribution is 0.102. The molecule has 0 atom stereocenters. The molecule has 3 rings (SSSR count). The smallest absolute Gasteiger partial charge is 0.257 e. The van der Waals surface area contributed by atoms with Gasteiger partial charge in [0.15, 0.2) is 0 Å². The molecular formula is C20H21N3O3S. The number of carbonyl (C=O) groups is 1. The Kier molecular flexibility index (Phi) is 5.89. The van der Waals surface area contributed by atoms with E-state index in [0.29, 0.717) is 25.2 Å². The molecule has 1 heterocycles. The quantitative estimate of drug-likeness (QED) is 0.858. The summed E-state index contributed by atoms with van der Waals surface area (Å²) in [7, 11) is -3.71. The molecule has 0 spiro atoms. The molecule has 6 nitrogen and oxygen atoms in total. The molecule has 1 amide bonds. The van der Waals surface area contributed by atoms with Gasteiger partial charge in [0.1, 0.15) is 0 Å². The first-order valence-electron chi connectivity index (χ1n) is 8.89. The number of piperidine rings is 1. The van der Waals surface area contributed by atoms with E-state index in [2.05, 4.69) is 11.4 Å². The molecule has 1 N–H and O–H groups in total. The Labute approximate surface area is 159 Å². The average molecular weight is 383 g/mol. The molecule has 1 fully saturated rings. The number of nitrogens with one attached hydrogen (secondary N) is 1. The Bertz CT molecular complexity index is 957. The third-order valence-electron chi connectivity index (χ3n) is 4.56. The lowest BCUT2D eigenvalue weighted by atomic mass is 10.1. The summed E-state index contributed by atoms with van der Waals surface area (Å²) in [5.74, 6) is -0.473. The zero-order valence-electron chi connectivity index (χ0n) is 14.9. The van der Waals surface area contributed by atoms with Gasteiger partial charge in [-0.15, -0.1) is 0 Å². The van der Waals surface area contributed by atoms with Crippen LogP contribution in [0.25, 0.3) is 0 Å². The Balaban J connectivity index is 1.84. The topological polar surface area (TPSA) is 90.3 Å². The van der Waals surface area contributed by atoms with Gasteiger partial charge in [0.2, 0.25) is 10.0 Å². The highest BCUT2D eigenvalue weighted by Gasteiger charge is 2.29. The molecule has 2 aromatic carbocycles. The van der Waals surface area contributed by atoms with E-state index < -0.39 is 15.9 Å². The standard InChI is InChI=1S/C20H21N3O3S/c21-13-12-16-8-10-17(11-9-16)22-20(24)18-6-2-3-7-19(18)27(25,26)23-14-4-1-5-15-23/h2-3,6-11H,1,4-5,12,14-15H2,(H,22,24). The minimum atomic E-state index is -3.71. The molecule has 140 valence electrons. The summed E-state index contributed by atoms with van der Waals surface area (Å²) < 4.78 is 27.5. The fourth-order valence-electron chi connectivity index (χ4n) is 3.12. The van der Waals surface area contributed by atoms with Gasteiger partial charge in [0.25, 0.3) is 5.91 Å². The Morgan fingerprint density at radius 1 is 1.04 bits per heavy atom. The number of amides is 1. The van der Waals surface area contributed by atoms with Gasteiger partial charge in [-0.05, 0) is 42.7 Å². The van der Waals surface area contributed by atoms with Crippen LogP contribution in [0, 0.1) is 11.3 Å². The number of sulfonamides is 1. The first kappa shape index (κ1) is 19.1. The van der Waals surface area contributed by atoms with E-state index >= 15 is 0 Å². The largest absolute Gasteiger partial charge is 0.322 e. The van der Waals surface area contributed by atoms with Crippen molar-refractivity contribution in [3.63, 3.8) is 0 Å². The van der Waals surface area contributed by atoms with Crippen LogP contribution in [-0.4, -0.2) is 31.7 Å². The van der Waals surface area contributed by atoms with Gasteiger partial charge in [0.05, 0.1) is 22.9 Å². The lowest BCUT2D eigenvalue weighted by Crippen LogP contribution is -2.36. The summed E-state index contributed by atoms with van der Waals surface area (Å²) in [4.78, 5) is 12.8. The van der Waals surface area contributed by atoms with E-state index in [-0.39, 0.29) is 10.5 Å². The zero-order chi connectivity index (χ0) is 19.3. The van der Waals surface area contributed by atoms with Crippen LogP contribution >= 0.6 is 0 Å². The first-order chi connectivity index (χ1) is 13.0. The van der Waals surface area contributed by atoms with Crippen molar-refractivity contribution >= 4 is 21.6 Å². The molecule has 1 aliphatic rings. The van der Waals surface area contributed by atoms with Crippen LogP contribution in [-0.2, 0) is 16.4 Å². The van der Waals surface area contributed by atoms with Gasteiger partial charge in [-0.3, -0.25) is 4.79 Å². The molecule has 27 heavy (non-hydrogen) atoms. The van der Waals surface area contributed by atoms with Crippen LogP contribution in [0.2, 0.25) is 0 Å². The highest BCUT2D eigenvalue weighted by atomic mass is 32.2. The SMILES string of the molecule is N#CCc1ccc(NC(=O)c2ccccc2S(=O)(=O)N2CCCCC2)cc1. The molecule has 7 heteroatoms. The highest BCUT2D eigenvalue weighted by molar-refractivity contribution is 7.89. The van der Waals surface area contributed by atoms with E-state index in [9.17, 15) is 13.2 Å². The zero-order valence-corrected chi connectivity index (χ0v) is 15.7. The number of anilines is 1. The van der Waals surface area contributed by atoms with Crippen molar-refractivity contribution < 1.29 is 13.2 Å². The number of rotatable bonds is 5. The molecular weight excluding hydrogens is 362 g/mol. The summed E-state index contributed by atoms with van der Waals surface area (Å²) in [6, 6.07) is 15.3. The van der Waals surface area contributed by atoms with Crippen LogP contribution in [0.3, 0.4) is 0 Å². The summed E-state index contributed by atoms with van der Waals surface area (Å²) in [5, 5.41) is 11.5. The second kappa shape index (κ2) is 8.33. The second-order valence-corrected chi connectivity index (χ2v) is 8.35. The minimum Gasteiger partial charge on any atom is -0.322 e. The van der Waals surface area contributed by atoms with Crippen molar-refractivity contribution in [1.82, 2.24) is 4.31 Å². The number of nitriles is 1. The first-order valence-corrected chi connectivity index (χ1v) is 10.3. The molecule has 0 aromatic heterocycles. The summed E-state index contributed by atoms with van der Waals surface area (Å²) >= 11 is 0. The number of nitrogens with zero attached hydrogens (tertiary/aromatic N) is 2. The maximum Gasteiger partial charge on any atom is 0.257 e. The van der Waals surface area contributed by atoms with E-state index in [1.165, 1.54) is 16.4 Å². The van der Waals surface area contributed by atoms with Gasteiger partial charge in [-0.1, -0.05) is 30.7 Å². The van der Waals surface area contributed by atoms with Gasteiger partial charge >= 0.3 is 0 Å². The van der Waals surface area contributed by atoms with Gasteiger partial charge in [-0.2, -0.15) is 9.57 Å². The van der Waals surface area contributed by atoms with Crippen molar-refractivity contribution in [1.29, 1.82) is 5.26 Å². The predicted octanol–water partition coefficient (Wildman–Crippen LogP) is 3.18. The van der Waals surface area contributed by atoms with Gasteiger partial charge < -0.3 is 5.32 Å². The van der Waals surface area contributed by atoms with Crippen LogP contribution in [0.1, 0.15) is 35.2 Å². The third-order valence-corrected chi connectivity index (χ3v) is 6.52. The van der Waals surface area contributed by atoms with E-state index in [4.69, 9.17) is 5.26 Å². The van der Waals surface area contributed by atoms with Crippen molar-refractivity contribution in [2.24, 2.45) is 0 Å². The fourth-order valence-corrected chi connectivity index (χ4v) is 4.83. The highest BCUT2D eigenvalue weighted by Crippen LogP contribution is 2.24. The van der Waals surface area contributed by atoms with Crippen LogP contribution in [0.5, 0.6) is 0 Å². The minimum absolute atomic E-state index is 0.0329. The molecule has 0 saturated carbocycles. The van der Waals surface area contributed by atoms with Gasteiger partial charge in [0, 0.05) is 18.8 Å². The van der Waals surface area contributed by atoms with E-state index in [1.54, 1.807) is 36.4 Å². The molecule has 1 saturated heterocycles. The molecule has 0 radical (unpaired) electrons. The average Bonchev–Trinajstić information content (AvgIpc) is 2.70. The van der Waals surface area contributed by atoms with E-state index in [1.807, 2.05) is 0 Å². The molecule has 0 unspecified atom stereocenters. The summed E-state index contributed by atoms with van der Waals surface area (Å²) in [6.45, 7) is 0.970. The summed E-state index contributed by atoms with van der Waals surface area (Å²) in [5.41, 5.74) is 1.53. The van der Waals surface area contributed by atoms with Crippen molar-refractivity contribution in [2.75, 3.05) is 18.4 Å². The molecule has 0 bridgehead atoms. The fraction of sp³-hybridized carbons (Fsp3) is 0.300. The van der Waals surface area contributed by atoms with Crippen LogP contribution in [0.15, 0.2) is 53.4 Å². The normalized spacial score (nSPS) is 15.1. The van der Waals surface area contributed by atoms with Crippen LogP contribution in [0.4, 0.5) is 5.69 Å². The molecule has 2 aromatic rings. The third kappa shape index (κ3) is 4.35. The lowest BCUT2D eigenvalue weighted by Gasteiger charge is -2.26. The Morgan fingerprint density at radius 3 is 2.37 bits per heavy atom. The van der Waals surface area contributed by atoms with Crippen LogP contribution < -0.4 is 5.32 Å². The summed E-state index contributed by atoms with van der Waals surface area (Å²) in [6.07, 6.45) is 2.99. The Hall–Kier alpha value is -2.69. The number of carbonyl (C=O) groups excluding carboxylic acids is 1. The van der Waals surface area contributed by atoms with E-state index in [0.717, 1.165) is 24.8 Å². The van der Waals surface area contributed by atoms with Crippen molar-refractivity contribution in [3.8, 4) is 6.07 Å². The number of hydrogen-bond acceptors (Lipinski definition) is 4. The molecule has 1 aliphatic heterocycles. The second-order valence-electron chi connectivity index (χ2n) is 6.45. The Morgan fingerprint density at radius 2 is 1.70 bits per heavy atom. The predicted molar refractivity (Wildman–Crippen MR) is 103 cm³/mol. The number of benzene rings is 2. The monoisotopic (exact) mass is 383 g/mol. The van der Waals surface area contributed by atoms with Crippen molar-refractivity contribution in [3.05, 3.63) is 59.7 Å². The molecule has 0 aliphatic carbocycles. The number of hydrogen-bond donors (Lipinski definition) is 1. The maximum absolute atomic E-state index is 13.0. The maximum atomic E-state index is 13.0. The van der Waals surface area contributed by atoms with Gasteiger partial charge in [-0.25, -0.2) is 8.42 Å². The van der Waals surface area contributed by atoms with Crippen molar-refractivity contribution in [2.45, 2.75) is 30.6 Å².